The first-order valence-corrected chi connectivity index (χ1v) is 6.01. The molecule has 0 fully saturated rings. The summed E-state index contributed by atoms with van der Waals surface area (Å²) in [7, 11) is 1.56. The first kappa shape index (κ1) is 12.1. The summed E-state index contributed by atoms with van der Waals surface area (Å²) in [4.78, 5) is 4.90. The lowest BCUT2D eigenvalue weighted by molar-refractivity contribution is 0.0871. The van der Waals surface area contributed by atoms with Crippen molar-refractivity contribution in [3.63, 3.8) is 0 Å². The molecule has 0 aliphatic carbocycles. The Balaban J connectivity index is 2.40. The van der Waals surface area contributed by atoms with E-state index < -0.39 is 0 Å². The van der Waals surface area contributed by atoms with Gasteiger partial charge < -0.3 is 18.8 Å². The van der Waals surface area contributed by atoms with E-state index in [-0.39, 0.29) is 5.75 Å². The molecule has 0 unspecified atom stereocenters. The van der Waals surface area contributed by atoms with Gasteiger partial charge in [-0.15, -0.1) is 0 Å². The van der Waals surface area contributed by atoms with E-state index in [2.05, 4.69) is 5.48 Å². The standard InChI is InChI=1S/C14H15NO4/c1-7-4-9-11(6-15-17-3)13-10(5-8(2)18-13)12(16)14(9)19-7/h4-5,15-16H,6H2,1-3H3. The van der Waals surface area contributed by atoms with Crippen LogP contribution < -0.4 is 5.48 Å². The minimum atomic E-state index is 0.121. The zero-order valence-electron chi connectivity index (χ0n) is 11.0. The first-order chi connectivity index (χ1) is 9.11. The van der Waals surface area contributed by atoms with E-state index in [4.69, 9.17) is 13.7 Å². The van der Waals surface area contributed by atoms with Gasteiger partial charge >= 0.3 is 0 Å². The zero-order valence-corrected chi connectivity index (χ0v) is 11.0. The van der Waals surface area contributed by atoms with E-state index >= 15 is 0 Å². The smallest absolute Gasteiger partial charge is 0.177 e. The van der Waals surface area contributed by atoms with Crippen LogP contribution in [-0.2, 0) is 11.4 Å². The van der Waals surface area contributed by atoms with Crippen LogP contribution >= 0.6 is 0 Å². The molecule has 0 saturated heterocycles. The molecule has 5 heteroatoms. The average Bonchev–Trinajstić information content (AvgIpc) is 2.93. The number of hydrogen-bond donors (Lipinski definition) is 2. The number of benzene rings is 1. The number of furan rings is 2. The number of hydrogen-bond acceptors (Lipinski definition) is 5. The predicted octanol–water partition coefficient (Wildman–Crippen LogP) is 3.15. The first-order valence-electron chi connectivity index (χ1n) is 6.01. The fourth-order valence-corrected chi connectivity index (χ4v) is 2.39. The number of phenolic OH excluding ortho intramolecular Hbond substituents is 1. The molecule has 0 amide bonds. The van der Waals surface area contributed by atoms with Crippen molar-refractivity contribution in [1.29, 1.82) is 0 Å². The molecule has 0 radical (unpaired) electrons. The second-order valence-electron chi connectivity index (χ2n) is 4.55. The minimum absolute atomic E-state index is 0.121. The quantitative estimate of drug-likeness (QED) is 0.709. The number of aryl methyl sites for hydroxylation is 2. The van der Waals surface area contributed by atoms with Gasteiger partial charge in [-0.1, -0.05) is 0 Å². The molecule has 2 heterocycles. The van der Waals surface area contributed by atoms with E-state index in [0.717, 1.165) is 22.5 Å². The Bertz CT molecular complexity index is 696. The van der Waals surface area contributed by atoms with E-state index in [1.165, 1.54) is 0 Å². The van der Waals surface area contributed by atoms with Crippen molar-refractivity contribution in [3.8, 4) is 5.75 Å². The van der Waals surface area contributed by atoms with Crippen molar-refractivity contribution < 1.29 is 18.8 Å². The second-order valence-corrected chi connectivity index (χ2v) is 4.55. The van der Waals surface area contributed by atoms with E-state index in [0.29, 0.717) is 23.1 Å². The van der Waals surface area contributed by atoms with Crippen molar-refractivity contribution in [3.05, 3.63) is 29.2 Å². The summed E-state index contributed by atoms with van der Waals surface area (Å²) in [6.45, 7) is 4.16. The Hall–Kier alpha value is -1.98. The van der Waals surface area contributed by atoms with Gasteiger partial charge in [-0.25, -0.2) is 0 Å². The van der Waals surface area contributed by atoms with Gasteiger partial charge in [0.2, 0.25) is 0 Å². The summed E-state index contributed by atoms with van der Waals surface area (Å²) in [6.07, 6.45) is 0. The Morgan fingerprint density at radius 1 is 1.11 bits per heavy atom. The third-order valence-electron chi connectivity index (χ3n) is 3.17. The fraction of sp³-hybridized carbons (Fsp3) is 0.286. The van der Waals surface area contributed by atoms with E-state index in [9.17, 15) is 5.11 Å². The summed E-state index contributed by atoms with van der Waals surface area (Å²) in [5, 5.41) is 11.8. The Kier molecular flexibility index (Phi) is 2.73. The maximum Gasteiger partial charge on any atom is 0.177 e. The van der Waals surface area contributed by atoms with Gasteiger partial charge in [0.25, 0.3) is 0 Å². The SMILES string of the molecule is CONCc1c2cc(C)oc2c(O)c2cc(C)oc12. The fourth-order valence-electron chi connectivity index (χ4n) is 2.39. The Morgan fingerprint density at radius 3 is 2.42 bits per heavy atom. The number of aromatic hydroxyl groups is 1. The average molecular weight is 261 g/mol. The molecule has 3 aromatic rings. The molecule has 3 rings (SSSR count). The lowest BCUT2D eigenvalue weighted by Gasteiger charge is -2.06. The topological polar surface area (TPSA) is 67.8 Å². The molecule has 2 aromatic heterocycles. The minimum Gasteiger partial charge on any atom is -0.504 e. The number of hydroxylamine groups is 1. The molecule has 0 atom stereocenters. The zero-order chi connectivity index (χ0) is 13.6. The molecule has 0 saturated carbocycles. The highest BCUT2D eigenvalue weighted by Crippen LogP contribution is 2.40. The third-order valence-corrected chi connectivity index (χ3v) is 3.17. The monoisotopic (exact) mass is 261 g/mol. The highest BCUT2D eigenvalue weighted by Gasteiger charge is 2.20. The normalized spacial score (nSPS) is 11.7. The van der Waals surface area contributed by atoms with Crippen LogP contribution in [0.25, 0.3) is 21.9 Å². The third kappa shape index (κ3) is 1.78. The van der Waals surface area contributed by atoms with Crippen molar-refractivity contribution in [2.75, 3.05) is 7.11 Å². The molecule has 100 valence electrons. The van der Waals surface area contributed by atoms with Gasteiger partial charge in [0, 0.05) is 10.9 Å². The highest BCUT2D eigenvalue weighted by molar-refractivity contribution is 6.04. The van der Waals surface area contributed by atoms with Crippen molar-refractivity contribution in [2.24, 2.45) is 0 Å². The summed E-state index contributed by atoms with van der Waals surface area (Å²) in [5.41, 5.74) is 4.86. The summed E-state index contributed by atoms with van der Waals surface area (Å²) in [5.74, 6) is 1.61. The van der Waals surface area contributed by atoms with Crippen LogP contribution in [0.5, 0.6) is 5.75 Å². The maximum atomic E-state index is 10.3. The number of fused-ring (bicyclic) bond motifs is 2. The van der Waals surface area contributed by atoms with Gasteiger partial charge in [0.1, 0.15) is 17.1 Å². The molecule has 0 aliphatic heterocycles. The van der Waals surface area contributed by atoms with E-state index in [1.54, 1.807) is 13.2 Å². The lowest BCUT2D eigenvalue weighted by Crippen LogP contribution is -2.11. The molecule has 0 spiro atoms. The molecule has 19 heavy (non-hydrogen) atoms. The van der Waals surface area contributed by atoms with Crippen LogP contribution in [0.4, 0.5) is 0 Å². The molecular weight excluding hydrogens is 246 g/mol. The molecule has 5 nitrogen and oxygen atoms in total. The maximum absolute atomic E-state index is 10.3. The molecule has 0 bridgehead atoms. The van der Waals surface area contributed by atoms with Crippen LogP contribution in [0.2, 0.25) is 0 Å². The molecule has 1 aromatic carbocycles. The largest absolute Gasteiger partial charge is 0.504 e. The Labute approximate surface area is 109 Å². The summed E-state index contributed by atoms with van der Waals surface area (Å²) < 4.78 is 11.3. The van der Waals surface area contributed by atoms with Crippen LogP contribution in [0, 0.1) is 13.8 Å². The summed E-state index contributed by atoms with van der Waals surface area (Å²) >= 11 is 0. The Morgan fingerprint density at radius 2 is 1.74 bits per heavy atom. The predicted molar refractivity (Wildman–Crippen MR) is 71.0 cm³/mol. The van der Waals surface area contributed by atoms with Gasteiger partial charge in [0.05, 0.1) is 19.0 Å². The molecule has 2 N–H and O–H groups in total. The van der Waals surface area contributed by atoms with Crippen LogP contribution in [0.1, 0.15) is 17.1 Å². The number of nitrogens with one attached hydrogen (secondary N) is 1. The number of rotatable bonds is 3. The van der Waals surface area contributed by atoms with Crippen molar-refractivity contribution in [1.82, 2.24) is 5.48 Å². The van der Waals surface area contributed by atoms with E-state index in [1.807, 2.05) is 19.9 Å². The van der Waals surface area contributed by atoms with Gasteiger partial charge in [-0.2, -0.15) is 5.48 Å². The summed E-state index contributed by atoms with van der Waals surface area (Å²) in [6, 6.07) is 3.69. The van der Waals surface area contributed by atoms with Gasteiger partial charge in [-0.05, 0) is 26.0 Å². The van der Waals surface area contributed by atoms with Crippen LogP contribution in [0.3, 0.4) is 0 Å². The van der Waals surface area contributed by atoms with Crippen molar-refractivity contribution >= 4 is 21.9 Å². The molecular formula is C14H15NO4. The second kappa shape index (κ2) is 4.29. The lowest BCUT2D eigenvalue weighted by atomic mass is 10.1. The highest BCUT2D eigenvalue weighted by atomic mass is 16.6. The number of phenols is 1. The molecule has 0 aliphatic rings. The van der Waals surface area contributed by atoms with Crippen LogP contribution in [0.15, 0.2) is 21.0 Å². The van der Waals surface area contributed by atoms with Crippen LogP contribution in [-0.4, -0.2) is 12.2 Å². The van der Waals surface area contributed by atoms with Gasteiger partial charge in [0.15, 0.2) is 11.3 Å². The van der Waals surface area contributed by atoms with Gasteiger partial charge in [-0.3, -0.25) is 0 Å². The van der Waals surface area contributed by atoms with Crippen molar-refractivity contribution in [2.45, 2.75) is 20.4 Å².